The molecule has 2 fully saturated rings. The van der Waals surface area contributed by atoms with Crippen LogP contribution in [0.5, 0.6) is 0 Å². The molecule has 1 saturated heterocycles. The SMILES string of the molecule is CSCCN1C(=O)C(C2CC2)NC(=O)C1(C)C. The van der Waals surface area contributed by atoms with E-state index >= 15 is 0 Å². The van der Waals surface area contributed by atoms with Crippen LogP contribution in [0.2, 0.25) is 0 Å². The van der Waals surface area contributed by atoms with Crippen LogP contribution in [0.25, 0.3) is 0 Å². The van der Waals surface area contributed by atoms with Crippen molar-refractivity contribution >= 4 is 23.6 Å². The van der Waals surface area contributed by atoms with Crippen molar-refractivity contribution < 1.29 is 9.59 Å². The van der Waals surface area contributed by atoms with E-state index in [4.69, 9.17) is 0 Å². The number of nitrogens with zero attached hydrogens (tertiary/aromatic N) is 1. The molecule has 2 rings (SSSR count). The lowest BCUT2D eigenvalue weighted by atomic mass is 9.94. The zero-order valence-corrected chi connectivity index (χ0v) is 11.5. The minimum Gasteiger partial charge on any atom is -0.342 e. The Kier molecular flexibility index (Phi) is 3.39. The van der Waals surface area contributed by atoms with E-state index in [-0.39, 0.29) is 17.9 Å². The molecule has 1 unspecified atom stereocenters. The predicted octanol–water partition coefficient (Wildman–Crippen LogP) is 0.865. The summed E-state index contributed by atoms with van der Waals surface area (Å²) in [6, 6.07) is -0.266. The van der Waals surface area contributed by atoms with E-state index in [9.17, 15) is 9.59 Å². The highest BCUT2D eigenvalue weighted by Crippen LogP contribution is 2.36. The number of nitrogens with one attached hydrogen (secondary N) is 1. The second-order valence-electron chi connectivity index (χ2n) is 5.33. The van der Waals surface area contributed by atoms with Crippen LogP contribution in [-0.4, -0.2) is 46.8 Å². The number of hydrogen-bond donors (Lipinski definition) is 1. The number of hydrogen-bond acceptors (Lipinski definition) is 3. The Morgan fingerprint density at radius 3 is 2.59 bits per heavy atom. The molecule has 5 heteroatoms. The first-order chi connectivity index (χ1) is 7.98. The van der Waals surface area contributed by atoms with Crippen molar-refractivity contribution in [3.63, 3.8) is 0 Å². The Balaban J connectivity index is 2.16. The zero-order valence-electron chi connectivity index (χ0n) is 10.7. The first kappa shape index (κ1) is 12.7. The predicted molar refractivity (Wildman–Crippen MR) is 68.8 cm³/mol. The highest BCUT2D eigenvalue weighted by molar-refractivity contribution is 7.98. The van der Waals surface area contributed by atoms with E-state index in [1.54, 1.807) is 16.7 Å². The molecule has 1 aliphatic heterocycles. The van der Waals surface area contributed by atoms with Crippen molar-refractivity contribution in [1.82, 2.24) is 10.2 Å². The zero-order chi connectivity index (χ0) is 12.6. The molecule has 0 aromatic rings. The van der Waals surface area contributed by atoms with Crippen molar-refractivity contribution in [3.8, 4) is 0 Å². The molecule has 0 spiro atoms. The summed E-state index contributed by atoms with van der Waals surface area (Å²) in [6.07, 6.45) is 4.14. The number of thioether (sulfide) groups is 1. The fourth-order valence-electron chi connectivity index (χ4n) is 2.27. The van der Waals surface area contributed by atoms with Crippen LogP contribution in [0, 0.1) is 5.92 Å². The van der Waals surface area contributed by atoms with Crippen LogP contribution in [0.3, 0.4) is 0 Å². The minimum atomic E-state index is -0.710. The number of amides is 2. The quantitative estimate of drug-likeness (QED) is 0.812. The average molecular weight is 256 g/mol. The Morgan fingerprint density at radius 2 is 2.06 bits per heavy atom. The fraction of sp³-hybridized carbons (Fsp3) is 0.833. The number of piperazine rings is 1. The lowest BCUT2D eigenvalue weighted by Gasteiger charge is -2.44. The van der Waals surface area contributed by atoms with Crippen LogP contribution < -0.4 is 5.32 Å². The van der Waals surface area contributed by atoms with Crippen molar-refractivity contribution in [2.24, 2.45) is 5.92 Å². The lowest BCUT2D eigenvalue weighted by molar-refractivity contribution is -0.155. The molecule has 2 amide bonds. The van der Waals surface area contributed by atoms with Crippen LogP contribution in [0.4, 0.5) is 0 Å². The van der Waals surface area contributed by atoms with Gasteiger partial charge >= 0.3 is 0 Å². The molecular formula is C12H20N2O2S. The van der Waals surface area contributed by atoms with Crippen LogP contribution in [-0.2, 0) is 9.59 Å². The molecule has 96 valence electrons. The first-order valence-electron chi connectivity index (χ1n) is 6.10. The standard InChI is InChI=1S/C12H20N2O2S/c1-12(2)11(16)13-9(8-4-5-8)10(15)14(12)6-7-17-3/h8-9H,4-7H2,1-3H3,(H,13,16). The van der Waals surface area contributed by atoms with Crippen molar-refractivity contribution in [3.05, 3.63) is 0 Å². The molecule has 17 heavy (non-hydrogen) atoms. The molecule has 1 N–H and O–H groups in total. The largest absolute Gasteiger partial charge is 0.342 e. The Labute approximate surface area is 106 Å². The van der Waals surface area contributed by atoms with E-state index in [1.165, 1.54) is 0 Å². The molecule has 2 aliphatic rings. The van der Waals surface area contributed by atoms with E-state index in [0.29, 0.717) is 12.5 Å². The summed E-state index contributed by atoms with van der Waals surface area (Å²) in [5, 5.41) is 2.89. The van der Waals surface area contributed by atoms with Gasteiger partial charge < -0.3 is 10.2 Å². The van der Waals surface area contributed by atoms with Gasteiger partial charge in [-0.3, -0.25) is 9.59 Å². The van der Waals surface area contributed by atoms with Gasteiger partial charge in [0.2, 0.25) is 11.8 Å². The summed E-state index contributed by atoms with van der Waals surface area (Å²) < 4.78 is 0. The van der Waals surface area contributed by atoms with Gasteiger partial charge in [0.1, 0.15) is 11.6 Å². The molecular weight excluding hydrogens is 236 g/mol. The summed E-state index contributed by atoms with van der Waals surface area (Å²) in [5.74, 6) is 1.33. The molecule has 1 aliphatic carbocycles. The Hall–Kier alpha value is -0.710. The molecule has 1 heterocycles. The molecule has 0 radical (unpaired) electrons. The topological polar surface area (TPSA) is 49.4 Å². The maximum atomic E-state index is 12.4. The van der Waals surface area contributed by atoms with Gasteiger partial charge in [-0.2, -0.15) is 11.8 Å². The van der Waals surface area contributed by atoms with Crippen LogP contribution >= 0.6 is 11.8 Å². The molecule has 1 atom stereocenters. The Bertz CT molecular complexity index is 339. The first-order valence-corrected chi connectivity index (χ1v) is 7.49. The van der Waals surface area contributed by atoms with Gasteiger partial charge in [-0.1, -0.05) is 0 Å². The van der Waals surface area contributed by atoms with Gasteiger partial charge in [-0.15, -0.1) is 0 Å². The van der Waals surface area contributed by atoms with Crippen molar-refractivity contribution in [2.75, 3.05) is 18.6 Å². The number of rotatable bonds is 4. The van der Waals surface area contributed by atoms with Gasteiger partial charge in [0.05, 0.1) is 0 Å². The second kappa shape index (κ2) is 4.52. The van der Waals surface area contributed by atoms with Gasteiger partial charge in [-0.05, 0) is 38.9 Å². The summed E-state index contributed by atoms with van der Waals surface area (Å²) in [6.45, 7) is 4.30. The lowest BCUT2D eigenvalue weighted by Crippen LogP contribution is -2.69. The van der Waals surface area contributed by atoms with Crippen molar-refractivity contribution in [1.29, 1.82) is 0 Å². The molecule has 1 saturated carbocycles. The van der Waals surface area contributed by atoms with Crippen LogP contribution in [0.1, 0.15) is 26.7 Å². The maximum Gasteiger partial charge on any atom is 0.246 e. The van der Waals surface area contributed by atoms with Gasteiger partial charge in [0.15, 0.2) is 0 Å². The third-order valence-corrected chi connectivity index (χ3v) is 4.25. The summed E-state index contributed by atoms with van der Waals surface area (Å²) >= 11 is 1.70. The van der Waals surface area contributed by atoms with Crippen LogP contribution in [0.15, 0.2) is 0 Å². The molecule has 0 aromatic heterocycles. The monoisotopic (exact) mass is 256 g/mol. The maximum absolute atomic E-state index is 12.4. The van der Waals surface area contributed by atoms with E-state index < -0.39 is 5.54 Å². The number of carbonyl (C=O) groups is 2. The smallest absolute Gasteiger partial charge is 0.246 e. The third kappa shape index (κ3) is 2.30. The van der Waals surface area contributed by atoms with Gasteiger partial charge in [0, 0.05) is 12.3 Å². The van der Waals surface area contributed by atoms with Gasteiger partial charge in [0.25, 0.3) is 0 Å². The van der Waals surface area contributed by atoms with E-state index in [0.717, 1.165) is 18.6 Å². The van der Waals surface area contributed by atoms with Crippen molar-refractivity contribution in [2.45, 2.75) is 38.3 Å². The molecule has 0 bridgehead atoms. The summed E-state index contributed by atoms with van der Waals surface area (Å²) in [7, 11) is 0. The summed E-state index contributed by atoms with van der Waals surface area (Å²) in [5.41, 5.74) is -0.710. The van der Waals surface area contributed by atoms with Gasteiger partial charge in [-0.25, -0.2) is 0 Å². The molecule has 0 aromatic carbocycles. The summed E-state index contributed by atoms with van der Waals surface area (Å²) in [4.78, 5) is 26.2. The van der Waals surface area contributed by atoms with E-state index in [1.807, 2.05) is 20.1 Å². The normalized spacial score (nSPS) is 28.2. The third-order valence-electron chi connectivity index (χ3n) is 3.66. The second-order valence-corrected chi connectivity index (χ2v) is 6.32. The highest BCUT2D eigenvalue weighted by Gasteiger charge is 2.50. The minimum absolute atomic E-state index is 0.0184. The number of carbonyl (C=O) groups excluding carboxylic acids is 2. The fourth-order valence-corrected chi connectivity index (χ4v) is 2.63. The highest BCUT2D eigenvalue weighted by atomic mass is 32.2. The van der Waals surface area contributed by atoms with E-state index in [2.05, 4.69) is 5.32 Å². The molecule has 4 nitrogen and oxygen atoms in total. The average Bonchev–Trinajstić information content (AvgIpc) is 3.07. The Morgan fingerprint density at radius 1 is 1.41 bits per heavy atom.